The normalized spacial score (nSPS) is 18.2. The van der Waals surface area contributed by atoms with E-state index in [2.05, 4.69) is 14.9 Å². The first-order valence-corrected chi connectivity index (χ1v) is 10.7. The van der Waals surface area contributed by atoms with Crippen molar-refractivity contribution >= 4 is 17.5 Å². The third kappa shape index (κ3) is 4.42. The van der Waals surface area contributed by atoms with Crippen LogP contribution >= 0.6 is 0 Å². The molecule has 0 spiro atoms. The lowest BCUT2D eigenvalue weighted by atomic mass is 9.91. The lowest BCUT2D eigenvalue weighted by molar-refractivity contribution is 0.0749. The van der Waals surface area contributed by atoms with Crippen molar-refractivity contribution in [1.29, 1.82) is 0 Å². The van der Waals surface area contributed by atoms with Gasteiger partial charge in [-0.05, 0) is 63.4 Å². The highest BCUT2D eigenvalue weighted by Gasteiger charge is 2.28. The van der Waals surface area contributed by atoms with Crippen molar-refractivity contribution in [3.63, 3.8) is 0 Å². The molecule has 1 aliphatic heterocycles. The van der Waals surface area contributed by atoms with Gasteiger partial charge in [-0.2, -0.15) is 0 Å². The standard InChI is InChI=1S/C23H31N5O/c1-17-16-18(2)25-23(24-17)26(3)20-10-8-19(9-11-20)22(29)28-13-5-12-27(14-15-28)21-6-4-7-21/h8-11,16,21H,4-7,12-15H2,1-3H3. The van der Waals surface area contributed by atoms with Crippen LogP contribution in [0.4, 0.5) is 11.6 Å². The Morgan fingerprint density at radius 2 is 1.66 bits per heavy atom. The summed E-state index contributed by atoms with van der Waals surface area (Å²) in [6.45, 7) is 7.74. The molecule has 154 valence electrons. The van der Waals surface area contributed by atoms with E-state index in [1.165, 1.54) is 19.3 Å². The number of nitrogens with zero attached hydrogens (tertiary/aromatic N) is 5. The van der Waals surface area contributed by atoms with E-state index in [4.69, 9.17) is 0 Å². The number of aryl methyl sites for hydroxylation is 2. The van der Waals surface area contributed by atoms with Crippen LogP contribution in [0.3, 0.4) is 0 Å². The molecule has 2 fully saturated rings. The lowest BCUT2D eigenvalue weighted by Gasteiger charge is -2.36. The van der Waals surface area contributed by atoms with Crippen LogP contribution in [0.1, 0.15) is 47.4 Å². The number of hydrogen-bond donors (Lipinski definition) is 0. The summed E-state index contributed by atoms with van der Waals surface area (Å²) in [7, 11) is 1.95. The summed E-state index contributed by atoms with van der Waals surface area (Å²) in [4.78, 5) is 28.6. The van der Waals surface area contributed by atoms with Crippen molar-refractivity contribution in [2.75, 3.05) is 38.1 Å². The molecule has 0 bridgehead atoms. The molecule has 1 saturated carbocycles. The smallest absolute Gasteiger partial charge is 0.253 e. The summed E-state index contributed by atoms with van der Waals surface area (Å²) >= 11 is 0. The number of rotatable bonds is 4. The Morgan fingerprint density at radius 3 is 2.28 bits per heavy atom. The number of carbonyl (C=O) groups excluding carboxylic acids is 1. The van der Waals surface area contributed by atoms with E-state index in [9.17, 15) is 4.79 Å². The van der Waals surface area contributed by atoms with Gasteiger partial charge in [-0.3, -0.25) is 9.69 Å². The van der Waals surface area contributed by atoms with E-state index < -0.39 is 0 Å². The Hall–Kier alpha value is -2.47. The molecule has 0 unspecified atom stereocenters. The first kappa shape index (κ1) is 19.8. The fourth-order valence-corrected chi connectivity index (χ4v) is 4.24. The molecular weight excluding hydrogens is 362 g/mol. The third-order valence-corrected chi connectivity index (χ3v) is 6.18. The van der Waals surface area contributed by atoms with Gasteiger partial charge in [0.25, 0.3) is 5.91 Å². The number of carbonyl (C=O) groups is 1. The number of aromatic nitrogens is 2. The predicted octanol–water partition coefficient (Wildman–Crippen LogP) is 3.56. The summed E-state index contributed by atoms with van der Waals surface area (Å²) < 4.78 is 0. The minimum atomic E-state index is 0.136. The molecule has 0 atom stereocenters. The van der Waals surface area contributed by atoms with Gasteiger partial charge < -0.3 is 9.80 Å². The van der Waals surface area contributed by atoms with Crippen molar-refractivity contribution in [3.05, 3.63) is 47.3 Å². The Bertz CT molecular complexity index is 842. The van der Waals surface area contributed by atoms with Crippen molar-refractivity contribution in [2.45, 2.75) is 45.6 Å². The van der Waals surface area contributed by atoms with Crippen LogP contribution in [0.25, 0.3) is 0 Å². The molecule has 2 aliphatic rings. The molecule has 2 aromatic rings. The Morgan fingerprint density at radius 1 is 0.966 bits per heavy atom. The van der Waals surface area contributed by atoms with Gasteiger partial charge in [0.15, 0.2) is 0 Å². The van der Waals surface area contributed by atoms with E-state index >= 15 is 0 Å². The summed E-state index contributed by atoms with van der Waals surface area (Å²) in [5.74, 6) is 0.808. The first-order chi connectivity index (χ1) is 14.0. The minimum Gasteiger partial charge on any atom is -0.337 e. The van der Waals surface area contributed by atoms with E-state index in [0.717, 1.165) is 61.3 Å². The molecule has 4 rings (SSSR count). The molecule has 6 nitrogen and oxygen atoms in total. The summed E-state index contributed by atoms with van der Waals surface area (Å²) in [5, 5.41) is 0. The molecule has 1 aromatic heterocycles. The van der Waals surface area contributed by atoms with Crippen molar-refractivity contribution < 1.29 is 4.79 Å². The Kier molecular flexibility index (Phi) is 5.81. The van der Waals surface area contributed by atoms with Gasteiger partial charge in [-0.15, -0.1) is 0 Å². The summed E-state index contributed by atoms with van der Waals surface area (Å²) in [6, 6.07) is 10.5. The highest BCUT2D eigenvalue weighted by molar-refractivity contribution is 5.94. The monoisotopic (exact) mass is 393 g/mol. The second-order valence-electron chi connectivity index (χ2n) is 8.32. The maximum atomic E-state index is 13.0. The zero-order chi connectivity index (χ0) is 20.4. The van der Waals surface area contributed by atoms with Crippen LogP contribution in [-0.4, -0.2) is 64.9 Å². The van der Waals surface area contributed by atoms with Gasteiger partial charge in [0.05, 0.1) is 0 Å². The maximum absolute atomic E-state index is 13.0. The number of benzene rings is 1. The van der Waals surface area contributed by atoms with Crippen molar-refractivity contribution in [3.8, 4) is 0 Å². The van der Waals surface area contributed by atoms with Gasteiger partial charge in [-0.1, -0.05) is 6.42 Å². The topological polar surface area (TPSA) is 52.6 Å². The average Bonchev–Trinajstić information content (AvgIpc) is 2.91. The minimum absolute atomic E-state index is 0.136. The molecular formula is C23H31N5O. The van der Waals surface area contributed by atoms with Crippen LogP contribution < -0.4 is 4.90 Å². The molecule has 1 aliphatic carbocycles. The first-order valence-electron chi connectivity index (χ1n) is 10.7. The highest BCUT2D eigenvalue weighted by Crippen LogP contribution is 2.26. The van der Waals surface area contributed by atoms with Crippen LogP contribution in [0.15, 0.2) is 30.3 Å². The van der Waals surface area contributed by atoms with Crippen LogP contribution in [0, 0.1) is 13.8 Å². The maximum Gasteiger partial charge on any atom is 0.253 e. The molecule has 2 heterocycles. The number of anilines is 2. The van der Waals surface area contributed by atoms with Gasteiger partial charge in [0.2, 0.25) is 5.95 Å². The molecule has 1 amide bonds. The average molecular weight is 394 g/mol. The third-order valence-electron chi connectivity index (χ3n) is 6.18. The van der Waals surface area contributed by atoms with E-state index in [1.54, 1.807) is 0 Å². The number of amides is 1. The van der Waals surface area contributed by atoms with Crippen molar-refractivity contribution in [1.82, 2.24) is 19.8 Å². The van der Waals surface area contributed by atoms with Gasteiger partial charge in [0, 0.05) is 61.9 Å². The quantitative estimate of drug-likeness (QED) is 0.795. The molecule has 6 heteroatoms. The lowest BCUT2D eigenvalue weighted by Crippen LogP contribution is -2.42. The molecule has 1 aromatic carbocycles. The second kappa shape index (κ2) is 8.49. The van der Waals surface area contributed by atoms with Crippen LogP contribution in [-0.2, 0) is 0 Å². The van der Waals surface area contributed by atoms with E-state index in [0.29, 0.717) is 5.95 Å². The van der Waals surface area contributed by atoms with E-state index in [1.807, 2.05) is 61.0 Å². The van der Waals surface area contributed by atoms with Gasteiger partial charge >= 0.3 is 0 Å². The number of hydrogen-bond acceptors (Lipinski definition) is 5. The summed E-state index contributed by atoms with van der Waals surface area (Å²) in [5.41, 5.74) is 3.62. The van der Waals surface area contributed by atoms with Gasteiger partial charge in [-0.25, -0.2) is 9.97 Å². The Labute approximate surface area is 173 Å². The fraction of sp³-hybridized carbons (Fsp3) is 0.522. The molecule has 29 heavy (non-hydrogen) atoms. The zero-order valence-corrected chi connectivity index (χ0v) is 17.8. The predicted molar refractivity (Wildman–Crippen MR) is 116 cm³/mol. The fourth-order valence-electron chi connectivity index (χ4n) is 4.24. The van der Waals surface area contributed by atoms with Crippen LogP contribution in [0.5, 0.6) is 0 Å². The van der Waals surface area contributed by atoms with Gasteiger partial charge in [0.1, 0.15) is 0 Å². The summed E-state index contributed by atoms with van der Waals surface area (Å²) in [6.07, 6.45) is 5.07. The molecule has 1 saturated heterocycles. The molecule has 0 N–H and O–H groups in total. The van der Waals surface area contributed by atoms with Crippen LogP contribution in [0.2, 0.25) is 0 Å². The van der Waals surface area contributed by atoms with Crippen molar-refractivity contribution in [2.24, 2.45) is 0 Å². The van der Waals surface area contributed by atoms with E-state index in [-0.39, 0.29) is 5.91 Å². The second-order valence-corrected chi connectivity index (χ2v) is 8.32. The SMILES string of the molecule is Cc1cc(C)nc(N(C)c2ccc(C(=O)N3CCCN(C4CCC4)CC3)cc2)n1. The highest BCUT2D eigenvalue weighted by atomic mass is 16.2. The Balaban J connectivity index is 1.42. The molecule has 0 radical (unpaired) electrons. The largest absolute Gasteiger partial charge is 0.337 e. The zero-order valence-electron chi connectivity index (χ0n) is 17.8.